The van der Waals surface area contributed by atoms with Gasteiger partial charge in [0.1, 0.15) is 11.6 Å². The fourth-order valence-corrected chi connectivity index (χ4v) is 2.75. The fourth-order valence-electron chi connectivity index (χ4n) is 2.55. The van der Waals surface area contributed by atoms with Gasteiger partial charge >= 0.3 is 0 Å². The lowest BCUT2D eigenvalue weighted by Gasteiger charge is -2.22. The van der Waals surface area contributed by atoms with Crippen molar-refractivity contribution in [3.05, 3.63) is 40.8 Å². The van der Waals surface area contributed by atoms with Crippen molar-refractivity contribution in [3.63, 3.8) is 0 Å². The highest BCUT2D eigenvalue weighted by Gasteiger charge is 2.15. The Balaban J connectivity index is 0.00000208. The van der Waals surface area contributed by atoms with Crippen molar-refractivity contribution >= 4 is 24.0 Å². The van der Waals surface area contributed by atoms with Crippen LogP contribution in [0.15, 0.2) is 24.3 Å². The topological polar surface area (TPSA) is 67.3 Å². The molecule has 1 saturated heterocycles. The van der Waals surface area contributed by atoms with Crippen LogP contribution in [0.2, 0.25) is 5.02 Å². The molecule has 0 atom stereocenters. The number of hydrogen-bond donors (Lipinski definition) is 2. The molecule has 2 N–H and O–H groups in total. The maximum Gasteiger partial charge on any atom is 0.137 e. The predicted molar refractivity (Wildman–Crippen MR) is 92.0 cm³/mol. The zero-order valence-corrected chi connectivity index (χ0v) is 14.4. The van der Waals surface area contributed by atoms with Crippen LogP contribution in [0.3, 0.4) is 0 Å². The summed E-state index contributed by atoms with van der Waals surface area (Å²) in [5, 5.41) is 21.5. The van der Waals surface area contributed by atoms with Gasteiger partial charge in [0, 0.05) is 30.8 Å². The first kappa shape index (κ1) is 18.9. The summed E-state index contributed by atoms with van der Waals surface area (Å²) in [5.41, 5.74) is 1.03. The second-order valence-electron chi connectivity index (χ2n) is 5.46. The minimum absolute atomic E-state index is 0. The van der Waals surface area contributed by atoms with Gasteiger partial charge in [-0.05, 0) is 37.1 Å². The molecule has 2 aromatic rings. The third kappa shape index (κ3) is 4.54. The molecule has 5 nitrogen and oxygen atoms in total. The van der Waals surface area contributed by atoms with Crippen molar-refractivity contribution in [2.75, 3.05) is 13.2 Å². The molecule has 0 radical (unpaired) electrons. The minimum Gasteiger partial charge on any atom is -0.507 e. The van der Waals surface area contributed by atoms with E-state index in [1.54, 1.807) is 12.1 Å². The van der Waals surface area contributed by atoms with Crippen molar-refractivity contribution in [2.24, 2.45) is 0 Å². The summed E-state index contributed by atoms with van der Waals surface area (Å²) in [6.07, 6.45) is 1.96. The Bertz CT molecular complexity index is 657. The van der Waals surface area contributed by atoms with Gasteiger partial charge in [0.05, 0.1) is 17.0 Å². The van der Waals surface area contributed by atoms with E-state index >= 15 is 0 Å². The smallest absolute Gasteiger partial charge is 0.137 e. The monoisotopic (exact) mass is 373 g/mol. The van der Waals surface area contributed by atoms with Crippen molar-refractivity contribution < 1.29 is 14.2 Å². The van der Waals surface area contributed by atoms with Gasteiger partial charge in [0.25, 0.3) is 0 Å². The number of ether oxygens (including phenoxy) is 1. The Labute approximate surface area is 150 Å². The second-order valence-corrected chi connectivity index (χ2v) is 5.90. The Hall–Kier alpha value is -1.47. The van der Waals surface area contributed by atoms with E-state index in [9.17, 15) is 9.50 Å². The van der Waals surface area contributed by atoms with E-state index in [0.717, 1.165) is 37.8 Å². The van der Waals surface area contributed by atoms with Gasteiger partial charge in [-0.15, -0.1) is 17.5 Å². The number of halogens is 3. The van der Waals surface area contributed by atoms with Crippen LogP contribution >= 0.6 is 24.0 Å². The zero-order chi connectivity index (χ0) is 16.2. The van der Waals surface area contributed by atoms with E-state index in [4.69, 9.17) is 16.3 Å². The average molecular weight is 374 g/mol. The molecular formula is C16H18Cl2FN3O2. The van der Waals surface area contributed by atoms with Crippen LogP contribution in [0.25, 0.3) is 11.3 Å². The lowest BCUT2D eigenvalue weighted by molar-refractivity contribution is 0.0775. The maximum absolute atomic E-state index is 14.0. The predicted octanol–water partition coefficient (Wildman–Crippen LogP) is 3.33. The third-order valence-electron chi connectivity index (χ3n) is 3.80. The maximum atomic E-state index is 14.0. The number of phenols is 1. The zero-order valence-electron chi connectivity index (χ0n) is 12.8. The molecule has 0 unspecified atom stereocenters. The first-order chi connectivity index (χ1) is 11.1. The van der Waals surface area contributed by atoms with Gasteiger partial charge in [-0.2, -0.15) is 5.10 Å². The summed E-state index contributed by atoms with van der Waals surface area (Å²) in [6, 6.07) is 6.24. The number of nitrogens with one attached hydrogen (secondary N) is 1. The number of nitrogens with zero attached hydrogens (tertiary/aromatic N) is 2. The van der Waals surface area contributed by atoms with E-state index in [1.165, 1.54) is 6.07 Å². The SMILES string of the molecule is Cl.Oc1cc(Cl)cc(F)c1-c1ccc(CNC2CCOCC2)nn1. The van der Waals surface area contributed by atoms with Crippen molar-refractivity contribution in [1.29, 1.82) is 0 Å². The first-order valence-corrected chi connectivity index (χ1v) is 7.83. The first-order valence-electron chi connectivity index (χ1n) is 7.45. The summed E-state index contributed by atoms with van der Waals surface area (Å²) in [6.45, 7) is 2.14. The van der Waals surface area contributed by atoms with Gasteiger partial charge < -0.3 is 15.2 Å². The number of phenolic OH excluding ortho intramolecular Hbond substituents is 1. The molecule has 1 aliphatic rings. The van der Waals surface area contributed by atoms with Crippen molar-refractivity contribution in [2.45, 2.75) is 25.4 Å². The number of hydrogen-bond acceptors (Lipinski definition) is 5. The average Bonchev–Trinajstić information content (AvgIpc) is 2.54. The molecule has 130 valence electrons. The Morgan fingerprint density at radius 1 is 1.25 bits per heavy atom. The molecule has 1 aromatic heterocycles. The highest BCUT2D eigenvalue weighted by Crippen LogP contribution is 2.33. The molecular weight excluding hydrogens is 356 g/mol. The minimum atomic E-state index is -0.627. The summed E-state index contributed by atoms with van der Waals surface area (Å²) in [7, 11) is 0. The molecule has 24 heavy (non-hydrogen) atoms. The number of rotatable bonds is 4. The Morgan fingerprint density at radius 3 is 2.62 bits per heavy atom. The standard InChI is InChI=1S/C16H17ClFN3O2.ClH/c17-10-7-13(18)16(15(22)8-10)14-2-1-12(20-21-14)9-19-11-3-5-23-6-4-11;/h1-2,7-8,11,19,22H,3-6,9H2;1H. The lowest BCUT2D eigenvalue weighted by Crippen LogP contribution is -2.34. The van der Waals surface area contributed by atoms with Crippen LogP contribution in [0.4, 0.5) is 4.39 Å². The molecule has 1 fully saturated rings. The van der Waals surface area contributed by atoms with Gasteiger partial charge in [0.15, 0.2) is 0 Å². The molecule has 2 heterocycles. The summed E-state index contributed by atoms with van der Waals surface area (Å²) >= 11 is 5.70. The summed E-state index contributed by atoms with van der Waals surface area (Å²) in [5.74, 6) is -0.880. The fraction of sp³-hybridized carbons (Fsp3) is 0.375. The normalized spacial score (nSPS) is 15.1. The van der Waals surface area contributed by atoms with Crippen molar-refractivity contribution in [1.82, 2.24) is 15.5 Å². The molecule has 8 heteroatoms. The van der Waals surface area contributed by atoms with Crippen LogP contribution in [0.5, 0.6) is 5.75 Å². The number of aromatic hydroxyl groups is 1. The van der Waals surface area contributed by atoms with Crippen LogP contribution < -0.4 is 5.32 Å². The largest absolute Gasteiger partial charge is 0.507 e. The van der Waals surface area contributed by atoms with E-state index < -0.39 is 5.82 Å². The van der Waals surface area contributed by atoms with Crippen LogP contribution in [-0.2, 0) is 11.3 Å². The summed E-state index contributed by atoms with van der Waals surface area (Å²) < 4.78 is 19.3. The molecule has 0 saturated carbocycles. The molecule has 0 bridgehead atoms. The van der Waals surface area contributed by atoms with Crippen LogP contribution in [0.1, 0.15) is 18.5 Å². The molecule has 0 aliphatic carbocycles. The number of benzene rings is 1. The number of aromatic nitrogens is 2. The quantitative estimate of drug-likeness (QED) is 0.860. The third-order valence-corrected chi connectivity index (χ3v) is 4.02. The summed E-state index contributed by atoms with van der Waals surface area (Å²) in [4.78, 5) is 0. The molecule has 1 aromatic carbocycles. The second kappa shape index (κ2) is 8.58. The molecule has 0 spiro atoms. The van der Waals surface area contributed by atoms with Gasteiger partial charge in [-0.3, -0.25) is 0 Å². The molecule has 0 amide bonds. The Kier molecular flexibility index (Phi) is 6.74. The molecule has 3 rings (SSSR count). The van der Waals surface area contributed by atoms with E-state index in [2.05, 4.69) is 15.5 Å². The lowest BCUT2D eigenvalue weighted by atomic mass is 10.1. The van der Waals surface area contributed by atoms with Crippen LogP contribution in [0, 0.1) is 5.82 Å². The molecule has 1 aliphatic heterocycles. The van der Waals surface area contributed by atoms with Gasteiger partial charge in [0.2, 0.25) is 0 Å². The highest BCUT2D eigenvalue weighted by atomic mass is 35.5. The highest BCUT2D eigenvalue weighted by molar-refractivity contribution is 6.30. The van der Waals surface area contributed by atoms with E-state index in [1.807, 2.05) is 0 Å². The van der Waals surface area contributed by atoms with E-state index in [0.29, 0.717) is 12.6 Å². The van der Waals surface area contributed by atoms with Crippen molar-refractivity contribution in [3.8, 4) is 17.0 Å². The van der Waals surface area contributed by atoms with Gasteiger partial charge in [-0.25, -0.2) is 4.39 Å². The Morgan fingerprint density at radius 2 is 2.00 bits per heavy atom. The van der Waals surface area contributed by atoms with E-state index in [-0.39, 0.29) is 34.4 Å². The van der Waals surface area contributed by atoms with Gasteiger partial charge in [-0.1, -0.05) is 11.6 Å². The van der Waals surface area contributed by atoms with Crippen LogP contribution in [-0.4, -0.2) is 34.6 Å².